The van der Waals surface area contributed by atoms with Gasteiger partial charge in [-0.1, -0.05) is 54.6 Å². The van der Waals surface area contributed by atoms with Crippen molar-refractivity contribution in [2.75, 3.05) is 17.7 Å². The molecule has 0 bridgehead atoms. The summed E-state index contributed by atoms with van der Waals surface area (Å²) < 4.78 is 1.23. The zero-order valence-corrected chi connectivity index (χ0v) is 17.4. The van der Waals surface area contributed by atoms with E-state index in [4.69, 9.17) is 5.73 Å². The molecule has 32 heavy (non-hydrogen) atoms. The molecule has 3 N–H and O–H groups in total. The summed E-state index contributed by atoms with van der Waals surface area (Å²) in [6.45, 7) is 0.161. The Hall–Kier alpha value is -4.46. The summed E-state index contributed by atoms with van der Waals surface area (Å²) in [7, 11) is 1.43. The molecule has 8 heteroatoms. The Balaban J connectivity index is 1.62. The van der Waals surface area contributed by atoms with E-state index in [1.807, 2.05) is 60.7 Å². The summed E-state index contributed by atoms with van der Waals surface area (Å²) in [5.74, 6) is -0.572. The van der Waals surface area contributed by atoms with Crippen LogP contribution in [0.1, 0.15) is 11.3 Å². The average molecular weight is 427 g/mol. The van der Waals surface area contributed by atoms with Crippen LogP contribution >= 0.6 is 0 Å². The van der Waals surface area contributed by atoms with Gasteiger partial charge in [0, 0.05) is 18.5 Å². The first-order chi connectivity index (χ1) is 15.4. The highest BCUT2D eigenvalue weighted by molar-refractivity contribution is 6.04. The van der Waals surface area contributed by atoms with Crippen LogP contribution in [0.5, 0.6) is 0 Å². The summed E-state index contributed by atoms with van der Waals surface area (Å²) >= 11 is 0. The van der Waals surface area contributed by atoms with E-state index in [0.29, 0.717) is 5.69 Å². The number of nitrogens with two attached hydrogens (primary N) is 1. The Morgan fingerprint density at radius 3 is 2.56 bits per heavy atom. The lowest BCUT2D eigenvalue weighted by Gasteiger charge is -2.19. The SMILES string of the molecule is CN(C(=O)/C=C/c1ccc2ccccc2n1)c1c(N)n(Cc2ccccc2)c(=O)[nH]c1=O. The number of H-pyrrole nitrogens is 1. The Morgan fingerprint density at radius 2 is 1.78 bits per heavy atom. The van der Waals surface area contributed by atoms with E-state index in [9.17, 15) is 14.4 Å². The van der Waals surface area contributed by atoms with Gasteiger partial charge in [0.25, 0.3) is 11.5 Å². The van der Waals surface area contributed by atoms with Crippen molar-refractivity contribution in [2.45, 2.75) is 6.54 Å². The number of nitrogens with one attached hydrogen (secondary N) is 1. The third kappa shape index (κ3) is 4.20. The van der Waals surface area contributed by atoms with Gasteiger partial charge in [-0.15, -0.1) is 0 Å². The van der Waals surface area contributed by atoms with Crippen LogP contribution in [0.4, 0.5) is 11.5 Å². The van der Waals surface area contributed by atoms with E-state index in [-0.39, 0.29) is 18.1 Å². The molecule has 1 amide bonds. The molecule has 4 aromatic rings. The first-order valence-corrected chi connectivity index (χ1v) is 9.92. The Kier molecular flexibility index (Phi) is 5.67. The van der Waals surface area contributed by atoms with Crippen LogP contribution in [0.25, 0.3) is 17.0 Å². The van der Waals surface area contributed by atoms with Crippen molar-refractivity contribution in [3.05, 3.63) is 105 Å². The predicted molar refractivity (Wildman–Crippen MR) is 125 cm³/mol. The summed E-state index contributed by atoms with van der Waals surface area (Å²) in [6, 6.07) is 20.6. The van der Waals surface area contributed by atoms with Crippen LogP contribution in [-0.2, 0) is 11.3 Å². The maximum absolute atomic E-state index is 12.8. The van der Waals surface area contributed by atoms with Gasteiger partial charge in [0.2, 0.25) is 0 Å². The van der Waals surface area contributed by atoms with Gasteiger partial charge < -0.3 is 10.6 Å². The van der Waals surface area contributed by atoms with Gasteiger partial charge in [-0.05, 0) is 23.8 Å². The van der Waals surface area contributed by atoms with Gasteiger partial charge in [0.05, 0.1) is 17.8 Å². The lowest BCUT2D eigenvalue weighted by molar-refractivity contribution is -0.113. The molecule has 160 valence electrons. The van der Waals surface area contributed by atoms with Gasteiger partial charge in [0.1, 0.15) is 5.82 Å². The molecule has 0 aliphatic heterocycles. The number of hydrogen-bond acceptors (Lipinski definition) is 5. The van der Waals surface area contributed by atoms with E-state index < -0.39 is 17.2 Å². The third-order valence-corrected chi connectivity index (χ3v) is 5.08. The number of fused-ring (bicyclic) bond motifs is 1. The minimum absolute atomic E-state index is 0.0873. The number of rotatable bonds is 5. The van der Waals surface area contributed by atoms with Gasteiger partial charge in [0.15, 0.2) is 5.69 Å². The molecule has 4 rings (SSSR count). The minimum Gasteiger partial charge on any atom is -0.383 e. The van der Waals surface area contributed by atoms with Gasteiger partial charge in [-0.2, -0.15) is 0 Å². The average Bonchev–Trinajstić information content (AvgIpc) is 2.80. The number of amides is 1. The number of likely N-dealkylation sites (N-methyl/N-ethyl adjacent to an activating group) is 1. The zero-order chi connectivity index (χ0) is 22.7. The van der Waals surface area contributed by atoms with E-state index >= 15 is 0 Å². The number of nitrogens with zero attached hydrogens (tertiary/aromatic N) is 3. The van der Waals surface area contributed by atoms with Crippen LogP contribution in [-0.4, -0.2) is 27.5 Å². The standard InChI is InChI=1S/C24H21N5O3/c1-28(20(30)14-13-18-12-11-17-9-5-6-10-19(17)26-18)21-22(25)29(24(32)27-23(21)31)15-16-7-3-2-4-8-16/h2-14H,15,25H2,1H3,(H,27,31,32)/b14-13+. The molecule has 2 aromatic heterocycles. The van der Waals surface area contributed by atoms with Crippen LogP contribution < -0.4 is 21.9 Å². The Morgan fingerprint density at radius 1 is 1.06 bits per heavy atom. The molecule has 0 saturated carbocycles. The predicted octanol–water partition coefficient (Wildman–Crippen LogP) is 2.39. The third-order valence-electron chi connectivity index (χ3n) is 5.08. The Labute approximate surface area is 183 Å². The quantitative estimate of drug-likeness (QED) is 0.475. The van der Waals surface area contributed by atoms with Crippen molar-refractivity contribution in [1.82, 2.24) is 14.5 Å². The molecule has 0 saturated heterocycles. The van der Waals surface area contributed by atoms with E-state index in [1.165, 1.54) is 17.7 Å². The van der Waals surface area contributed by atoms with Crippen molar-refractivity contribution in [3.8, 4) is 0 Å². The number of aromatic nitrogens is 3. The molecule has 0 atom stereocenters. The number of para-hydroxylation sites is 1. The molecule has 0 spiro atoms. The number of nitrogen functional groups attached to an aromatic ring is 1. The number of hydrogen-bond donors (Lipinski definition) is 2. The maximum Gasteiger partial charge on any atom is 0.330 e. The van der Waals surface area contributed by atoms with Crippen molar-refractivity contribution >= 4 is 34.4 Å². The van der Waals surface area contributed by atoms with Crippen molar-refractivity contribution in [3.63, 3.8) is 0 Å². The molecule has 0 fully saturated rings. The second kappa shape index (κ2) is 8.73. The van der Waals surface area contributed by atoms with Crippen LogP contribution in [0, 0.1) is 0 Å². The second-order valence-electron chi connectivity index (χ2n) is 7.22. The second-order valence-corrected chi connectivity index (χ2v) is 7.22. The van der Waals surface area contributed by atoms with Crippen LogP contribution in [0.3, 0.4) is 0 Å². The minimum atomic E-state index is -0.732. The molecule has 0 unspecified atom stereocenters. The molecule has 8 nitrogen and oxygen atoms in total. The maximum atomic E-state index is 12.8. The van der Waals surface area contributed by atoms with Gasteiger partial charge in [-0.25, -0.2) is 9.78 Å². The summed E-state index contributed by atoms with van der Waals surface area (Å²) in [5, 5.41) is 0.994. The fraction of sp³-hybridized carbons (Fsp3) is 0.0833. The number of anilines is 2. The number of carbonyl (C=O) groups is 1. The molecule has 0 aliphatic rings. The fourth-order valence-corrected chi connectivity index (χ4v) is 3.38. The highest BCUT2D eigenvalue weighted by atomic mass is 16.2. The topological polar surface area (TPSA) is 114 Å². The Bertz CT molecular complexity index is 1440. The summed E-state index contributed by atoms with van der Waals surface area (Å²) in [4.78, 5) is 45.4. The number of benzene rings is 2. The number of aromatic amines is 1. The summed E-state index contributed by atoms with van der Waals surface area (Å²) in [6.07, 6.45) is 2.87. The number of carbonyl (C=O) groups excluding carboxylic acids is 1. The molecule has 0 aliphatic carbocycles. The molecular weight excluding hydrogens is 406 g/mol. The molecule has 2 heterocycles. The largest absolute Gasteiger partial charge is 0.383 e. The fourth-order valence-electron chi connectivity index (χ4n) is 3.38. The monoisotopic (exact) mass is 427 g/mol. The highest BCUT2D eigenvalue weighted by Crippen LogP contribution is 2.17. The van der Waals surface area contributed by atoms with Crippen LogP contribution in [0.2, 0.25) is 0 Å². The van der Waals surface area contributed by atoms with Crippen LogP contribution in [0.15, 0.2) is 82.4 Å². The van der Waals surface area contributed by atoms with Gasteiger partial charge >= 0.3 is 5.69 Å². The first kappa shape index (κ1) is 20.8. The molecule has 2 aromatic carbocycles. The normalized spacial score (nSPS) is 11.2. The first-order valence-electron chi connectivity index (χ1n) is 9.92. The van der Waals surface area contributed by atoms with Gasteiger partial charge in [-0.3, -0.25) is 19.1 Å². The lowest BCUT2D eigenvalue weighted by atomic mass is 10.2. The highest BCUT2D eigenvalue weighted by Gasteiger charge is 2.19. The smallest absolute Gasteiger partial charge is 0.330 e. The van der Waals surface area contributed by atoms with Crippen molar-refractivity contribution < 1.29 is 4.79 Å². The van der Waals surface area contributed by atoms with Crippen molar-refractivity contribution in [1.29, 1.82) is 0 Å². The summed E-state index contributed by atoms with van der Waals surface area (Å²) in [5.41, 5.74) is 6.92. The molecular formula is C24H21N5O3. The van der Waals surface area contributed by atoms with E-state index in [0.717, 1.165) is 21.4 Å². The van der Waals surface area contributed by atoms with Crippen molar-refractivity contribution in [2.24, 2.45) is 0 Å². The lowest BCUT2D eigenvalue weighted by Crippen LogP contribution is -2.39. The van der Waals surface area contributed by atoms with E-state index in [2.05, 4.69) is 9.97 Å². The molecule has 0 radical (unpaired) electrons. The number of pyridine rings is 1. The van der Waals surface area contributed by atoms with E-state index in [1.54, 1.807) is 12.1 Å². The zero-order valence-electron chi connectivity index (χ0n) is 17.4.